The first-order chi connectivity index (χ1) is 7.97. The summed E-state index contributed by atoms with van der Waals surface area (Å²) in [5, 5.41) is 10.5. The molecule has 0 radical (unpaired) electrons. The molecule has 6 nitrogen and oxygen atoms in total. The van der Waals surface area contributed by atoms with Gasteiger partial charge >= 0.3 is 0 Å². The van der Waals surface area contributed by atoms with Crippen molar-refractivity contribution < 1.29 is 28.9 Å². The average Bonchev–Trinajstić information content (AvgIpc) is 2.43. The van der Waals surface area contributed by atoms with E-state index in [-0.39, 0.29) is 18.0 Å². The minimum Gasteiger partial charge on any atom is -0.361 e. The second kappa shape index (κ2) is 3.39. The van der Waals surface area contributed by atoms with Crippen molar-refractivity contribution in [1.82, 2.24) is 0 Å². The van der Waals surface area contributed by atoms with Crippen LogP contribution in [-0.2, 0) is 23.8 Å². The Hall–Kier alpha value is -0.820. The van der Waals surface area contributed by atoms with Gasteiger partial charge in [-0.2, -0.15) is 0 Å². The molecule has 6 heteroatoms. The van der Waals surface area contributed by atoms with E-state index < -0.39 is 23.0 Å². The van der Waals surface area contributed by atoms with Crippen LogP contribution in [-0.4, -0.2) is 39.6 Å². The molecule has 2 aliphatic rings. The van der Waals surface area contributed by atoms with Crippen LogP contribution in [0.5, 0.6) is 0 Å². The van der Waals surface area contributed by atoms with Crippen molar-refractivity contribution in [3.05, 3.63) is 0 Å². The van der Waals surface area contributed by atoms with Gasteiger partial charge in [-0.1, -0.05) is 0 Å². The molecule has 0 aliphatic carbocycles. The lowest BCUT2D eigenvalue weighted by molar-refractivity contribution is -0.271. The molecular formula is C12H18O6. The summed E-state index contributed by atoms with van der Waals surface area (Å²) >= 11 is 0. The van der Waals surface area contributed by atoms with Crippen molar-refractivity contribution in [2.45, 2.75) is 64.0 Å². The summed E-state index contributed by atoms with van der Waals surface area (Å²) in [5.41, 5.74) is -1.18. The number of aliphatic hydroxyl groups is 1. The fourth-order valence-corrected chi connectivity index (χ4v) is 2.45. The molecule has 0 amide bonds. The molecule has 0 unspecified atom stereocenters. The molecule has 2 saturated heterocycles. The molecule has 0 saturated carbocycles. The van der Waals surface area contributed by atoms with E-state index in [0.717, 1.165) is 0 Å². The molecule has 0 aromatic rings. The average molecular weight is 258 g/mol. The van der Waals surface area contributed by atoms with E-state index in [1.807, 2.05) is 0 Å². The lowest BCUT2D eigenvalue weighted by atomic mass is 9.94. The molecule has 0 spiro atoms. The molecule has 0 bridgehead atoms. The zero-order chi connectivity index (χ0) is 14.0. The Balaban J connectivity index is 2.37. The van der Waals surface area contributed by atoms with Gasteiger partial charge in [0, 0.05) is 13.3 Å². The summed E-state index contributed by atoms with van der Waals surface area (Å²) in [6.45, 7) is 7.13. The van der Waals surface area contributed by atoms with Gasteiger partial charge in [0.2, 0.25) is 17.4 Å². The molecule has 2 rings (SSSR count). The Morgan fingerprint density at radius 1 is 1.00 bits per heavy atom. The van der Waals surface area contributed by atoms with E-state index in [9.17, 15) is 14.7 Å². The summed E-state index contributed by atoms with van der Waals surface area (Å²) in [7, 11) is 0. The Morgan fingerprint density at radius 3 is 1.94 bits per heavy atom. The van der Waals surface area contributed by atoms with Crippen molar-refractivity contribution in [2.24, 2.45) is 0 Å². The highest BCUT2D eigenvalue weighted by Crippen LogP contribution is 2.55. The number of fused-ring (bicyclic) bond motifs is 1. The van der Waals surface area contributed by atoms with Gasteiger partial charge in [0.25, 0.3) is 0 Å². The van der Waals surface area contributed by atoms with Crippen LogP contribution in [0.2, 0.25) is 0 Å². The van der Waals surface area contributed by atoms with Gasteiger partial charge in [-0.05, 0) is 27.7 Å². The zero-order valence-corrected chi connectivity index (χ0v) is 11.2. The third-order valence-electron chi connectivity index (χ3n) is 3.84. The summed E-state index contributed by atoms with van der Waals surface area (Å²) in [6, 6.07) is 0. The second-order valence-electron chi connectivity index (χ2n) is 5.50. The van der Waals surface area contributed by atoms with Crippen LogP contribution >= 0.6 is 0 Å². The summed E-state index contributed by atoms with van der Waals surface area (Å²) < 4.78 is 16.4. The number of Topliss-reactive ketones (excluding diaryl/α,β-unsaturated/α-hetero) is 2. The largest absolute Gasteiger partial charge is 0.361 e. The lowest BCUT2D eigenvalue weighted by Crippen LogP contribution is -2.45. The SMILES string of the molecule is CC(=O)[C@]1(C)O[C@]2(C)O[C@](C)(C(C)=O)C[C@@]2(O)O1. The Bertz CT molecular complexity index is 374. The Morgan fingerprint density at radius 2 is 1.56 bits per heavy atom. The van der Waals surface area contributed by atoms with Gasteiger partial charge in [0.05, 0.1) is 0 Å². The molecule has 1 N–H and O–H groups in total. The van der Waals surface area contributed by atoms with Gasteiger partial charge in [-0.3, -0.25) is 9.59 Å². The minimum absolute atomic E-state index is 0.0747. The predicted octanol–water partition coefficient (Wildman–Crippen LogP) is 0.511. The van der Waals surface area contributed by atoms with E-state index >= 15 is 0 Å². The van der Waals surface area contributed by atoms with E-state index in [2.05, 4.69) is 0 Å². The zero-order valence-electron chi connectivity index (χ0n) is 11.2. The van der Waals surface area contributed by atoms with Crippen molar-refractivity contribution in [2.75, 3.05) is 0 Å². The van der Waals surface area contributed by atoms with Crippen LogP contribution in [0.1, 0.15) is 41.0 Å². The third-order valence-corrected chi connectivity index (χ3v) is 3.84. The smallest absolute Gasteiger partial charge is 0.231 e. The normalized spacial score (nSPS) is 51.2. The standard InChI is InChI=1S/C12H18O6/c1-7(13)9(3)6-12(15)11(5,16-9)17-10(4,18-12)8(2)14/h15H,6H2,1-5H3/t9-,10+,11-,12+/m0/s1. The quantitative estimate of drug-likeness (QED) is 0.777. The molecule has 0 aromatic carbocycles. The van der Waals surface area contributed by atoms with Gasteiger partial charge < -0.3 is 19.3 Å². The van der Waals surface area contributed by atoms with Gasteiger partial charge in [0.1, 0.15) is 5.60 Å². The van der Waals surface area contributed by atoms with Crippen molar-refractivity contribution in [3.8, 4) is 0 Å². The van der Waals surface area contributed by atoms with Gasteiger partial charge in [-0.25, -0.2) is 0 Å². The first-order valence-corrected chi connectivity index (χ1v) is 5.81. The van der Waals surface area contributed by atoms with Gasteiger partial charge in [-0.15, -0.1) is 0 Å². The summed E-state index contributed by atoms with van der Waals surface area (Å²) in [4.78, 5) is 23.1. The first-order valence-electron chi connectivity index (χ1n) is 5.81. The number of hydrogen-bond acceptors (Lipinski definition) is 6. The van der Waals surface area contributed by atoms with Crippen LogP contribution in [0, 0.1) is 0 Å². The molecule has 2 heterocycles. The maximum atomic E-state index is 11.6. The maximum Gasteiger partial charge on any atom is 0.231 e. The second-order valence-corrected chi connectivity index (χ2v) is 5.50. The van der Waals surface area contributed by atoms with Crippen LogP contribution in [0.3, 0.4) is 0 Å². The number of ether oxygens (including phenoxy) is 3. The monoisotopic (exact) mass is 258 g/mol. The fourth-order valence-electron chi connectivity index (χ4n) is 2.45. The van der Waals surface area contributed by atoms with E-state index in [0.29, 0.717) is 0 Å². The van der Waals surface area contributed by atoms with E-state index in [4.69, 9.17) is 14.2 Å². The molecule has 18 heavy (non-hydrogen) atoms. The van der Waals surface area contributed by atoms with E-state index in [1.165, 1.54) is 27.7 Å². The molecular weight excluding hydrogens is 240 g/mol. The van der Waals surface area contributed by atoms with Crippen LogP contribution in [0.15, 0.2) is 0 Å². The highest BCUT2D eigenvalue weighted by Gasteiger charge is 2.73. The van der Waals surface area contributed by atoms with Crippen molar-refractivity contribution in [3.63, 3.8) is 0 Å². The molecule has 4 atom stereocenters. The molecule has 102 valence electrons. The summed E-state index contributed by atoms with van der Waals surface area (Å²) in [5.74, 6) is -5.51. The highest BCUT2D eigenvalue weighted by atomic mass is 16.9. The molecule has 2 fully saturated rings. The van der Waals surface area contributed by atoms with Gasteiger partial charge in [0.15, 0.2) is 11.6 Å². The minimum atomic E-state index is -1.81. The summed E-state index contributed by atoms with van der Waals surface area (Å²) in [6.07, 6.45) is -0.0747. The number of rotatable bonds is 2. The number of ketones is 2. The van der Waals surface area contributed by atoms with Crippen LogP contribution in [0.4, 0.5) is 0 Å². The van der Waals surface area contributed by atoms with E-state index in [1.54, 1.807) is 6.92 Å². The van der Waals surface area contributed by atoms with Crippen LogP contribution < -0.4 is 0 Å². The maximum absolute atomic E-state index is 11.6. The highest BCUT2D eigenvalue weighted by molar-refractivity contribution is 5.86. The fraction of sp³-hybridized carbons (Fsp3) is 0.833. The number of carbonyl (C=O) groups is 2. The predicted molar refractivity (Wildman–Crippen MR) is 59.4 cm³/mol. The Labute approximate surface area is 105 Å². The molecule has 2 aliphatic heterocycles. The van der Waals surface area contributed by atoms with Crippen molar-refractivity contribution in [1.29, 1.82) is 0 Å². The first kappa shape index (κ1) is 13.6. The Kier molecular flexibility index (Phi) is 2.56. The third kappa shape index (κ3) is 1.56. The number of hydrogen-bond donors (Lipinski definition) is 1. The van der Waals surface area contributed by atoms with Crippen molar-refractivity contribution >= 4 is 11.6 Å². The topological polar surface area (TPSA) is 82.1 Å². The number of carbonyl (C=O) groups excluding carboxylic acids is 2. The van der Waals surface area contributed by atoms with Crippen LogP contribution in [0.25, 0.3) is 0 Å². The molecule has 0 aromatic heterocycles. The lowest BCUT2D eigenvalue weighted by Gasteiger charge is -2.29.